The molecule has 0 radical (unpaired) electrons. The minimum atomic E-state index is -0.772. The number of hydrogen-bond acceptors (Lipinski definition) is 4. The number of para-hydroxylation sites is 2. The number of amides is 3. The molecule has 1 spiro atoms. The van der Waals surface area contributed by atoms with Crippen LogP contribution in [0.2, 0.25) is 0 Å². The Bertz CT molecular complexity index is 858. The zero-order valence-corrected chi connectivity index (χ0v) is 14.8. The minimum Gasteiger partial charge on any atom is -0.330 e. The number of aryl methyl sites for hydroxylation is 1. The number of nitrogens with one attached hydrogen (secondary N) is 1. The quantitative estimate of drug-likeness (QED) is 0.859. The average Bonchev–Trinajstić information content (AvgIpc) is 3.18. The normalized spacial score (nSPS) is 24.2. The van der Waals surface area contributed by atoms with E-state index in [-0.39, 0.29) is 18.0 Å². The van der Waals surface area contributed by atoms with Gasteiger partial charge in [0.05, 0.1) is 17.6 Å². The highest BCUT2D eigenvalue weighted by molar-refractivity contribution is 6.07. The van der Waals surface area contributed by atoms with Gasteiger partial charge in [0.15, 0.2) is 0 Å². The van der Waals surface area contributed by atoms with Crippen LogP contribution in [0.3, 0.4) is 0 Å². The second kappa shape index (κ2) is 5.56. The zero-order chi connectivity index (χ0) is 17.8. The van der Waals surface area contributed by atoms with Crippen molar-refractivity contribution in [3.8, 4) is 0 Å². The topological polar surface area (TPSA) is 70.5 Å². The van der Waals surface area contributed by atoms with Gasteiger partial charge in [-0.3, -0.25) is 14.6 Å². The number of nitrogens with zero attached hydrogens (tertiary/aromatic N) is 4. The van der Waals surface area contributed by atoms with E-state index in [0.29, 0.717) is 19.5 Å². The summed E-state index contributed by atoms with van der Waals surface area (Å²) in [5.74, 6) is 0.871. The largest absolute Gasteiger partial charge is 0.330 e. The molecule has 0 unspecified atom stereocenters. The van der Waals surface area contributed by atoms with Crippen LogP contribution in [0.15, 0.2) is 24.3 Å². The number of hydrogen-bond donors (Lipinski definition) is 1. The third-order valence-corrected chi connectivity index (χ3v) is 5.30. The average molecular weight is 341 g/mol. The third-order valence-electron chi connectivity index (χ3n) is 5.30. The third kappa shape index (κ3) is 2.41. The van der Waals surface area contributed by atoms with Crippen LogP contribution in [0.4, 0.5) is 4.79 Å². The van der Waals surface area contributed by atoms with Crippen molar-refractivity contribution in [2.45, 2.75) is 38.4 Å². The molecule has 0 aliphatic carbocycles. The van der Waals surface area contributed by atoms with Crippen LogP contribution in [-0.4, -0.2) is 56.0 Å². The molecule has 4 rings (SSSR count). The fourth-order valence-corrected chi connectivity index (χ4v) is 3.95. The highest BCUT2D eigenvalue weighted by Crippen LogP contribution is 2.30. The maximum absolute atomic E-state index is 12.8. The predicted octanol–water partition coefficient (Wildman–Crippen LogP) is 1.48. The summed E-state index contributed by atoms with van der Waals surface area (Å²) < 4.78 is 2.09. The molecule has 1 atom stereocenters. The van der Waals surface area contributed by atoms with Crippen molar-refractivity contribution in [1.29, 1.82) is 0 Å². The molecule has 3 heterocycles. The van der Waals surface area contributed by atoms with E-state index in [4.69, 9.17) is 4.98 Å². The maximum atomic E-state index is 12.8. The molecule has 25 heavy (non-hydrogen) atoms. The number of aromatic nitrogens is 2. The highest BCUT2D eigenvalue weighted by Gasteiger charge is 2.55. The number of carbonyl (C=O) groups excluding carboxylic acids is 2. The van der Waals surface area contributed by atoms with E-state index in [2.05, 4.69) is 20.9 Å². The molecule has 3 amide bonds. The molecule has 2 aliphatic rings. The van der Waals surface area contributed by atoms with E-state index in [1.165, 1.54) is 4.90 Å². The summed E-state index contributed by atoms with van der Waals surface area (Å²) in [6.45, 7) is 5.69. The minimum absolute atomic E-state index is 0.0972. The summed E-state index contributed by atoms with van der Waals surface area (Å²) >= 11 is 0. The van der Waals surface area contributed by atoms with Gasteiger partial charge >= 0.3 is 6.03 Å². The lowest BCUT2D eigenvalue weighted by atomic mass is 9.98. The van der Waals surface area contributed by atoms with Gasteiger partial charge < -0.3 is 9.88 Å². The molecule has 2 aromatic rings. The Kier molecular flexibility index (Phi) is 3.57. The van der Waals surface area contributed by atoms with Crippen molar-refractivity contribution >= 4 is 23.0 Å². The van der Waals surface area contributed by atoms with Crippen molar-refractivity contribution in [2.24, 2.45) is 7.05 Å². The van der Waals surface area contributed by atoms with E-state index >= 15 is 0 Å². The van der Waals surface area contributed by atoms with Gasteiger partial charge in [-0.25, -0.2) is 9.78 Å². The first-order valence-electron chi connectivity index (χ1n) is 8.70. The van der Waals surface area contributed by atoms with E-state index < -0.39 is 5.54 Å². The van der Waals surface area contributed by atoms with Gasteiger partial charge in [-0.15, -0.1) is 0 Å². The fraction of sp³-hybridized carbons (Fsp3) is 0.500. The van der Waals surface area contributed by atoms with Gasteiger partial charge in [0.2, 0.25) is 0 Å². The Morgan fingerprint density at radius 2 is 2.04 bits per heavy atom. The molecule has 2 saturated heterocycles. The number of fused-ring (bicyclic) bond motifs is 1. The molecule has 7 nitrogen and oxygen atoms in total. The van der Waals surface area contributed by atoms with Gasteiger partial charge in [0.25, 0.3) is 5.91 Å². The summed E-state index contributed by atoms with van der Waals surface area (Å²) in [7, 11) is 2.01. The van der Waals surface area contributed by atoms with Gasteiger partial charge in [-0.2, -0.15) is 0 Å². The smallest absolute Gasteiger partial charge is 0.325 e. The van der Waals surface area contributed by atoms with Crippen LogP contribution in [0.1, 0.15) is 26.1 Å². The Morgan fingerprint density at radius 1 is 1.28 bits per heavy atom. The van der Waals surface area contributed by atoms with E-state index in [1.807, 2.05) is 39.1 Å². The Balaban J connectivity index is 1.54. The molecular weight excluding hydrogens is 318 g/mol. The molecule has 1 N–H and O–H groups in total. The highest BCUT2D eigenvalue weighted by atomic mass is 16.2. The van der Waals surface area contributed by atoms with E-state index in [1.54, 1.807) is 0 Å². The van der Waals surface area contributed by atoms with Crippen molar-refractivity contribution in [1.82, 2.24) is 24.7 Å². The number of imidazole rings is 1. The van der Waals surface area contributed by atoms with Crippen LogP contribution in [0.25, 0.3) is 11.0 Å². The zero-order valence-electron chi connectivity index (χ0n) is 14.8. The molecule has 0 bridgehead atoms. The molecule has 2 fully saturated rings. The SMILES string of the molecule is CC(C)N1C(=O)N[C@@]2(CCN(Cc3nc4ccccc4n3C)C2)C1=O. The lowest BCUT2D eigenvalue weighted by Crippen LogP contribution is -2.49. The number of benzene rings is 1. The Morgan fingerprint density at radius 3 is 2.72 bits per heavy atom. The summed E-state index contributed by atoms with van der Waals surface area (Å²) in [5, 5.41) is 2.94. The molecular formula is C18H23N5O2. The summed E-state index contributed by atoms with van der Waals surface area (Å²) in [5.41, 5.74) is 1.30. The Hall–Kier alpha value is -2.41. The van der Waals surface area contributed by atoms with Crippen molar-refractivity contribution < 1.29 is 9.59 Å². The van der Waals surface area contributed by atoms with Gasteiger partial charge in [0.1, 0.15) is 11.4 Å². The van der Waals surface area contributed by atoms with Crippen molar-refractivity contribution in [2.75, 3.05) is 13.1 Å². The summed E-state index contributed by atoms with van der Waals surface area (Å²) in [4.78, 5) is 33.2. The molecule has 132 valence electrons. The molecule has 2 aliphatic heterocycles. The lowest BCUT2D eigenvalue weighted by molar-refractivity contribution is -0.132. The summed E-state index contributed by atoms with van der Waals surface area (Å²) in [6, 6.07) is 7.65. The van der Waals surface area contributed by atoms with Gasteiger partial charge in [-0.05, 0) is 32.4 Å². The number of urea groups is 1. The van der Waals surface area contributed by atoms with Gasteiger partial charge in [-0.1, -0.05) is 12.1 Å². The molecule has 1 aromatic carbocycles. The van der Waals surface area contributed by atoms with Crippen LogP contribution in [0, 0.1) is 0 Å². The van der Waals surface area contributed by atoms with Crippen LogP contribution >= 0.6 is 0 Å². The number of rotatable bonds is 3. The van der Waals surface area contributed by atoms with Crippen molar-refractivity contribution in [3.63, 3.8) is 0 Å². The Labute approximate surface area is 146 Å². The molecule has 7 heteroatoms. The molecule has 1 aromatic heterocycles. The monoisotopic (exact) mass is 341 g/mol. The second-order valence-electron chi connectivity index (χ2n) is 7.32. The first kappa shape index (κ1) is 16.1. The van der Waals surface area contributed by atoms with Crippen LogP contribution < -0.4 is 5.32 Å². The number of imide groups is 1. The van der Waals surface area contributed by atoms with E-state index in [0.717, 1.165) is 23.4 Å². The van der Waals surface area contributed by atoms with Crippen molar-refractivity contribution in [3.05, 3.63) is 30.1 Å². The van der Waals surface area contributed by atoms with E-state index in [9.17, 15) is 9.59 Å². The fourth-order valence-electron chi connectivity index (χ4n) is 3.95. The first-order chi connectivity index (χ1) is 11.9. The standard InChI is InChI=1S/C18H23N5O2/c1-12(2)23-16(24)18(20-17(23)25)8-9-22(11-18)10-15-19-13-6-4-5-7-14(13)21(15)3/h4-7,12H,8-11H2,1-3H3,(H,20,25)/t18-/m1/s1. The second-order valence-corrected chi connectivity index (χ2v) is 7.32. The maximum Gasteiger partial charge on any atom is 0.325 e. The van der Waals surface area contributed by atoms with Crippen LogP contribution in [0.5, 0.6) is 0 Å². The summed E-state index contributed by atoms with van der Waals surface area (Å²) in [6.07, 6.45) is 0.644. The molecule has 0 saturated carbocycles. The lowest BCUT2D eigenvalue weighted by Gasteiger charge is -2.23. The predicted molar refractivity (Wildman–Crippen MR) is 93.9 cm³/mol. The van der Waals surface area contributed by atoms with Gasteiger partial charge in [0, 0.05) is 26.2 Å². The van der Waals surface area contributed by atoms with Crippen LogP contribution in [-0.2, 0) is 18.4 Å². The first-order valence-corrected chi connectivity index (χ1v) is 8.70. The number of likely N-dealkylation sites (tertiary alicyclic amines) is 1. The number of carbonyl (C=O) groups is 2.